The SMILES string of the molecule is CC(C)(C)OC(=O)N1CC2CCCC1CN2c1nc(OC[C@@]23CCCN2C/C(=C\F)C3)nc2c(F)c(Br)c(F)c(OC(F)F)c12. The third-order valence-corrected chi connectivity index (χ3v) is 9.78. The first-order chi connectivity index (χ1) is 21.3. The Hall–Kier alpha value is -2.94. The van der Waals surface area contributed by atoms with Gasteiger partial charge in [0.25, 0.3) is 0 Å². The van der Waals surface area contributed by atoms with Gasteiger partial charge in [0, 0.05) is 25.7 Å². The van der Waals surface area contributed by atoms with Crippen molar-refractivity contribution in [2.75, 3.05) is 37.7 Å². The van der Waals surface area contributed by atoms with Gasteiger partial charge in [-0.1, -0.05) is 0 Å². The summed E-state index contributed by atoms with van der Waals surface area (Å²) in [6.07, 6.45) is 4.22. The fourth-order valence-electron chi connectivity index (χ4n) is 7.17. The van der Waals surface area contributed by atoms with Crippen molar-refractivity contribution in [3.05, 3.63) is 28.0 Å². The average molecular weight is 705 g/mol. The summed E-state index contributed by atoms with van der Waals surface area (Å²) >= 11 is 2.83. The molecule has 246 valence electrons. The fourth-order valence-corrected chi connectivity index (χ4v) is 7.53. The molecule has 0 saturated carbocycles. The number of amides is 1. The molecule has 2 bridgehead atoms. The standard InChI is InChI=1S/C30H35BrF5N5O4/c1-29(2,3)45-28(42)41-14-17-6-4-7-18(41)13-40(17)25-19-23(21(33)20(31)22(34)24(19)44-26(35)36)37-27(38-25)43-15-30-8-5-9-39(30)12-16(10-30)11-32/h11,17-18,26H,4-10,12-15H2,1-3H3/b16-11-/t17?,18?,30-/m0/s1. The van der Waals surface area contributed by atoms with Crippen LogP contribution in [0.25, 0.3) is 10.9 Å². The molecule has 2 unspecified atom stereocenters. The minimum Gasteiger partial charge on any atom is -0.461 e. The van der Waals surface area contributed by atoms with Gasteiger partial charge in [-0.15, -0.1) is 0 Å². The van der Waals surface area contributed by atoms with Gasteiger partial charge >= 0.3 is 18.7 Å². The van der Waals surface area contributed by atoms with Crippen LogP contribution in [0.3, 0.4) is 0 Å². The summed E-state index contributed by atoms with van der Waals surface area (Å²) in [5.41, 5.74) is -1.01. The zero-order chi connectivity index (χ0) is 32.3. The van der Waals surface area contributed by atoms with E-state index in [0.717, 1.165) is 25.8 Å². The summed E-state index contributed by atoms with van der Waals surface area (Å²) in [5, 5.41) is -0.360. The molecular weight excluding hydrogens is 669 g/mol. The minimum atomic E-state index is -3.42. The second kappa shape index (κ2) is 12.0. The molecule has 1 aromatic carbocycles. The van der Waals surface area contributed by atoms with Crippen LogP contribution in [-0.2, 0) is 4.74 Å². The Morgan fingerprint density at radius 1 is 1.13 bits per heavy atom. The molecule has 45 heavy (non-hydrogen) atoms. The molecule has 6 heterocycles. The van der Waals surface area contributed by atoms with E-state index in [1.807, 2.05) is 0 Å². The van der Waals surface area contributed by atoms with Crippen LogP contribution in [0.1, 0.15) is 59.3 Å². The second-order valence-corrected chi connectivity index (χ2v) is 14.0. The topological polar surface area (TPSA) is 80.3 Å². The highest BCUT2D eigenvalue weighted by molar-refractivity contribution is 9.10. The maximum Gasteiger partial charge on any atom is 0.410 e. The number of benzene rings is 1. The molecule has 0 radical (unpaired) electrons. The molecule has 15 heteroatoms. The number of fused-ring (bicyclic) bond motifs is 6. The van der Waals surface area contributed by atoms with Crippen LogP contribution in [0.15, 0.2) is 16.4 Å². The van der Waals surface area contributed by atoms with Gasteiger partial charge in [-0.2, -0.15) is 18.7 Å². The summed E-state index contributed by atoms with van der Waals surface area (Å²) in [7, 11) is 0. The summed E-state index contributed by atoms with van der Waals surface area (Å²) in [6, 6.07) is -0.957. The number of carbonyl (C=O) groups excluding carboxylic acids is 1. The number of ether oxygens (including phenoxy) is 3. The molecule has 3 atom stereocenters. The van der Waals surface area contributed by atoms with Gasteiger partial charge < -0.3 is 24.0 Å². The Morgan fingerprint density at radius 2 is 1.89 bits per heavy atom. The van der Waals surface area contributed by atoms with E-state index < -0.39 is 51.2 Å². The van der Waals surface area contributed by atoms with Gasteiger partial charge in [-0.05, 0) is 87.3 Å². The number of piperazine rings is 1. The van der Waals surface area contributed by atoms with Crippen LogP contribution < -0.4 is 14.4 Å². The van der Waals surface area contributed by atoms with E-state index in [1.54, 1.807) is 30.6 Å². The molecule has 1 aromatic heterocycles. The van der Waals surface area contributed by atoms with Crippen molar-refractivity contribution in [1.29, 1.82) is 0 Å². The van der Waals surface area contributed by atoms with Gasteiger partial charge in [-0.3, -0.25) is 4.90 Å². The van der Waals surface area contributed by atoms with Gasteiger partial charge in [0.05, 0.1) is 27.8 Å². The van der Waals surface area contributed by atoms with Crippen molar-refractivity contribution in [2.24, 2.45) is 0 Å². The number of rotatable bonds is 6. The Balaban J connectivity index is 1.43. The molecule has 7 rings (SSSR count). The van der Waals surface area contributed by atoms with Gasteiger partial charge in [0.15, 0.2) is 17.4 Å². The number of anilines is 1. The molecule has 1 amide bonds. The van der Waals surface area contributed by atoms with E-state index >= 15 is 8.78 Å². The minimum absolute atomic E-state index is 0.0340. The van der Waals surface area contributed by atoms with Gasteiger partial charge in [0.1, 0.15) is 23.5 Å². The predicted octanol–water partition coefficient (Wildman–Crippen LogP) is 6.72. The monoisotopic (exact) mass is 703 g/mol. The van der Waals surface area contributed by atoms with Crippen LogP contribution in [0.5, 0.6) is 11.8 Å². The fraction of sp³-hybridized carbons (Fsp3) is 0.633. The molecule has 0 N–H and O–H groups in total. The molecule has 5 fully saturated rings. The zero-order valence-electron chi connectivity index (χ0n) is 25.2. The van der Waals surface area contributed by atoms with Crippen molar-refractivity contribution in [3.8, 4) is 11.8 Å². The lowest BCUT2D eigenvalue weighted by molar-refractivity contribution is -0.0512. The first-order valence-electron chi connectivity index (χ1n) is 15.1. The lowest BCUT2D eigenvalue weighted by Crippen LogP contribution is -2.59. The number of aromatic nitrogens is 2. The third kappa shape index (κ3) is 6.01. The largest absolute Gasteiger partial charge is 0.461 e. The van der Waals surface area contributed by atoms with Crippen LogP contribution >= 0.6 is 15.9 Å². The third-order valence-electron chi connectivity index (χ3n) is 9.08. The van der Waals surface area contributed by atoms with Crippen LogP contribution in [0.4, 0.5) is 32.6 Å². The van der Waals surface area contributed by atoms with E-state index in [2.05, 4.69) is 35.5 Å². The molecule has 0 aliphatic carbocycles. The zero-order valence-corrected chi connectivity index (χ0v) is 26.8. The van der Waals surface area contributed by atoms with Crippen molar-refractivity contribution in [3.63, 3.8) is 0 Å². The Morgan fingerprint density at radius 3 is 2.60 bits per heavy atom. The molecule has 5 aliphatic heterocycles. The number of carbonyl (C=O) groups is 1. The van der Waals surface area contributed by atoms with Crippen LogP contribution in [-0.4, -0.2) is 88.5 Å². The van der Waals surface area contributed by atoms with Crippen LogP contribution in [0, 0.1) is 11.6 Å². The molecule has 5 saturated heterocycles. The van der Waals surface area contributed by atoms with Crippen LogP contribution in [0.2, 0.25) is 0 Å². The highest BCUT2D eigenvalue weighted by Crippen LogP contribution is 2.45. The molecule has 0 spiro atoms. The van der Waals surface area contributed by atoms with E-state index in [-0.39, 0.29) is 49.0 Å². The van der Waals surface area contributed by atoms with Crippen molar-refractivity contribution < 1.29 is 41.0 Å². The lowest BCUT2D eigenvalue weighted by Gasteiger charge is -2.44. The highest BCUT2D eigenvalue weighted by atomic mass is 79.9. The number of alkyl halides is 2. The number of hydrogen-bond acceptors (Lipinski definition) is 8. The number of nitrogens with zero attached hydrogens (tertiary/aromatic N) is 5. The summed E-state index contributed by atoms with van der Waals surface area (Å²) in [6.45, 7) is 3.66. The maximum atomic E-state index is 15.7. The van der Waals surface area contributed by atoms with Gasteiger partial charge in [-0.25, -0.2) is 18.0 Å². The Bertz CT molecular complexity index is 1520. The summed E-state index contributed by atoms with van der Waals surface area (Å²) in [5.74, 6) is -3.41. The number of hydrogen-bond donors (Lipinski definition) is 0. The average Bonchev–Trinajstić information content (AvgIpc) is 3.36. The quantitative estimate of drug-likeness (QED) is 0.242. The van der Waals surface area contributed by atoms with Gasteiger partial charge in [0.2, 0.25) is 0 Å². The number of halogens is 6. The van der Waals surface area contributed by atoms with E-state index in [0.29, 0.717) is 37.7 Å². The molecule has 2 aromatic rings. The molecular formula is C30H35BrF5N5O4. The maximum absolute atomic E-state index is 15.7. The first kappa shape index (κ1) is 32.0. The van der Waals surface area contributed by atoms with Crippen molar-refractivity contribution in [1.82, 2.24) is 19.8 Å². The second-order valence-electron chi connectivity index (χ2n) is 13.2. The smallest absolute Gasteiger partial charge is 0.410 e. The van der Waals surface area contributed by atoms with Crippen molar-refractivity contribution in [2.45, 2.75) is 89.1 Å². The van der Waals surface area contributed by atoms with E-state index in [4.69, 9.17) is 9.47 Å². The lowest BCUT2D eigenvalue weighted by atomic mass is 9.94. The molecule has 5 aliphatic rings. The normalized spacial score (nSPS) is 26.2. The summed E-state index contributed by atoms with van der Waals surface area (Å²) < 4.78 is 87.5. The molecule has 9 nitrogen and oxygen atoms in total. The Labute approximate surface area is 265 Å². The van der Waals surface area contributed by atoms with E-state index in [9.17, 15) is 18.0 Å². The van der Waals surface area contributed by atoms with E-state index in [1.165, 1.54) is 0 Å². The Kier molecular flexibility index (Phi) is 8.55. The summed E-state index contributed by atoms with van der Waals surface area (Å²) in [4.78, 5) is 27.5. The first-order valence-corrected chi connectivity index (χ1v) is 15.8. The predicted molar refractivity (Wildman–Crippen MR) is 158 cm³/mol. The highest BCUT2D eigenvalue weighted by Gasteiger charge is 2.48. The van der Waals surface area contributed by atoms with Crippen molar-refractivity contribution >= 4 is 38.7 Å².